The van der Waals surface area contributed by atoms with Gasteiger partial charge in [0.1, 0.15) is 41.5 Å². The summed E-state index contributed by atoms with van der Waals surface area (Å²) in [4.78, 5) is 12.6. The third-order valence-corrected chi connectivity index (χ3v) is 5.43. The van der Waals surface area contributed by atoms with Crippen LogP contribution in [0, 0.1) is 0 Å². The number of hydrogen-bond donors (Lipinski definition) is 6. The average Bonchev–Trinajstić information content (AvgIpc) is 2.74. The molecule has 166 valence electrons. The number of rotatable bonds is 3. The van der Waals surface area contributed by atoms with Gasteiger partial charge in [0.2, 0.25) is 12.0 Å². The predicted molar refractivity (Wildman–Crippen MR) is 103 cm³/mol. The average molecular weight is 434 g/mol. The highest BCUT2D eigenvalue weighted by Gasteiger charge is 2.44. The molecule has 0 aliphatic carbocycles. The molecule has 1 saturated heterocycles. The fourth-order valence-corrected chi connectivity index (χ4v) is 3.65. The van der Waals surface area contributed by atoms with Crippen LogP contribution in [0.25, 0.3) is 0 Å². The summed E-state index contributed by atoms with van der Waals surface area (Å²) < 4.78 is 16.6. The van der Waals surface area contributed by atoms with Gasteiger partial charge < -0.3 is 44.8 Å². The van der Waals surface area contributed by atoms with Crippen molar-refractivity contribution in [2.24, 2.45) is 0 Å². The smallest absolute Gasteiger partial charge is 0.229 e. The van der Waals surface area contributed by atoms with Crippen molar-refractivity contribution in [1.29, 1.82) is 0 Å². The number of hydrogen-bond acceptors (Lipinski definition) is 10. The monoisotopic (exact) mass is 434 g/mol. The van der Waals surface area contributed by atoms with E-state index in [0.717, 1.165) is 6.07 Å². The van der Waals surface area contributed by atoms with E-state index in [1.165, 1.54) is 19.1 Å². The number of Topliss-reactive ketones (excluding diaryl/α,β-unsaturated/α-hetero) is 1. The molecule has 0 spiro atoms. The van der Waals surface area contributed by atoms with Crippen molar-refractivity contribution in [3.8, 4) is 28.7 Å². The van der Waals surface area contributed by atoms with E-state index >= 15 is 0 Å². The summed E-state index contributed by atoms with van der Waals surface area (Å²) in [5.74, 6) is -2.20. The number of aliphatic hydroxyl groups is 3. The first-order valence-corrected chi connectivity index (χ1v) is 9.61. The highest BCUT2D eigenvalue weighted by Crippen LogP contribution is 2.50. The third-order valence-electron chi connectivity index (χ3n) is 5.43. The van der Waals surface area contributed by atoms with Crippen molar-refractivity contribution >= 4 is 5.78 Å². The molecule has 31 heavy (non-hydrogen) atoms. The fourth-order valence-electron chi connectivity index (χ4n) is 3.65. The minimum atomic E-state index is -1.64. The van der Waals surface area contributed by atoms with E-state index in [0.29, 0.717) is 5.56 Å². The molecule has 2 heterocycles. The molecule has 0 aromatic heterocycles. The van der Waals surface area contributed by atoms with Crippen LogP contribution in [0.5, 0.6) is 28.7 Å². The molecule has 6 N–H and O–H groups in total. The lowest BCUT2D eigenvalue weighted by Crippen LogP contribution is -2.58. The van der Waals surface area contributed by atoms with E-state index in [-0.39, 0.29) is 29.2 Å². The van der Waals surface area contributed by atoms with Gasteiger partial charge in [-0.25, -0.2) is 0 Å². The molecule has 10 nitrogen and oxygen atoms in total. The second-order valence-corrected chi connectivity index (χ2v) is 7.57. The zero-order valence-corrected chi connectivity index (χ0v) is 16.4. The standard InChI is InChI=1S/C21H22O10/c1-8-16(25)18(27)19(28)21(29-8)31-14-7-12(24)15-11(23)6-13(30-20(15)17(14)26)9-2-4-10(22)5-3-9/h2-5,7-8,13,16,18-19,21-22,24-28H,6H2,1H3/t8-,13-,16+,18+,19-,21+/m1/s1. The van der Waals surface area contributed by atoms with E-state index in [2.05, 4.69) is 0 Å². The number of aromatic hydroxyl groups is 3. The maximum absolute atomic E-state index is 12.6. The lowest BCUT2D eigenvalue weighted by Gasteiger charge is -2.39. The molecule has 6 atom stereocenters. The molecule has 0 amide bonds. The number of fused-ring (bicyclic) bond motifs is 1. The zero-order valence-electron chi connectivity index (χ0n) is 16.4. The molecule has 0 bridgehead atoms. The van der Waals surface area contributed by atoms with Gasteiger partial charge in [0.25, 0.3) is 0 Å². The molecule has 0 radical (unpaired) electrons. The van der Waals surface area contributed by atoms with Crippen LogP contribution in [0.1, 0.15) is 35.4 Å². The van der Waals surface area contributed by atoms with Crippen molar-refractivity contribution < 1.29 is 49.6 Å². The summed E-state index contributed by atoms with van der Waals surface area (Å²) in [6.07, 6.45) is -7.77. The Morgan fingerprint density at radius 3 is 2.35 bits per heavy atom. The highest BCUT2D eigenvalue weighted by atomic mass is 16.7. The van der Waals surface area contributed by atoms with Gasteiger partial charge in [0, 0.05) is 6.07 Å². The van der Waals surface area contributed by atoms with E-state index in [9.17, 15) is 35.4 Å². The van der Waals surface area contributed by atoms with Crippen molar-refractivity contribution in [2.75, 3.05) is 0 Å². The third kappa shape index (κ3) is 3.74. The number of aliphatic hydroxyl groups excluding tert-OH is 3. The van der Waals surface area contributed by atoms with Gasteiger partial charge in [-0.1, -0.05) is 12.1 Å². The Kier molecular flexibility index (Phi) is 5.40. The number of carbonyl (C=O) groups is 1. The van der Waals surface area contributed by atoms with Gasteiger partial charge >= 0.3 is 0 Å². The Morgan fingerprint density at radius 2 is 1.68 bits per heavy atom. The maximum Gasteiger partial charge on any atom is 0.229 e. The molecule has 0 unspecified atom stereocenters. The lowest BCUT2D eigenvalue weighted by atomic mass is 9.95. The van der Waals surface area contributed by atoms with Crippen molar-refractivity contribution in [3.63, 3.8) is 0 Å². The molecule has 1 fully saturated rings. The van der Waals surface area contributed by atoms with E-state index in [1.54, 1.807) is 12.1 Å². The number of carbonyl (C=O) groups excluding carboxylic acids is 1. The predicted octanol–water partition coefficient (Wildman–Crippen LogP) is 0.716. The Balaban J connectivity index is 1.66. The quantitative estimate of drug-likeness (QED) is 0.379. The molecule has 2 aromatic rings. The molecule has 2 aromatic carbocycles. The lowest BCUT2D eigenvalue weighted by molar-refractivity contribution is -0.268. The minimum Gasteiger partial charge on any atom is -0.508 e. The molecule has 0 saturated carbocycles. The molecule has 2 aliphatic heterocycles. The second-order valence-electron chi connectivity index (χ2n) is 7.57. The van der Waals surface area contributed by atoms with Gasteiger partial charge in [-0.2, -0.15) is 0 Å². The van der Waals surface area contributed by atoms with Crippen LogP contribution in [0.15, 0.2) is 30.3 Å². The summed E-state index contributed by atoms with van der Waals surface area (Å²) in [6, 6.07) is 6.97. The van der Waals surface area contributed by atoms with Crippen molar-refractivity contribution in [1.82, 2.24) is 0 Å². The van der Waals surface area contributed by atoms with Gasteiger partial charge in [-0.3, -0.25) is 4.79 Å². The van der Waals surface area contributed by atoms with Crippen LogP contribution in [-0.4, -0.2) is 67.1 Å². The number of phenolic OH excluding ortho intramolecular Hbond substituents is 3. The Labute approximate surface area is 176 Å². The van der Waals surface area contributed by atoms with Crippen LogP contribution in [0.4, 0.5) is 0 Å². The SMILES string of the molecule is C[C@H]1O[C@@H](Oc2cc(O)c3c(c2O)O[C@@H](c2ccc(O)cc2)CC3=O)[C@H](O)[C@@H](O)[C@H]1O. The minimum absolute atomic E-state index is 0.0371. The Morgan fingerprint density at radius 1 is 1.00 bits per heavy atom. The van der Waals surface area contributed by atoms with E-state index in [4.69, 9.17) is 14.2 Å². The Bertz CT molecular complexity index is 989. The first-order chi connectivity index (χ1) is 14.7. The zero-order chi connectivity index (χ0) is 22.4. The van der Waals surface area contributed by atoms with E-state index in [1.807, 2.05) is 0 Å². The normalized spacial score (nSPS) is 30.4. The number of benzene rings is 2. The summed E-state index contributed by atoms with van der Waals surface area (Å²) in [5, 5.41) is 60.3. The summed E-state index contributed by atoms with van der Waals surface area (Å²) in [5.41, 5.74) is 0.354. The number of ether oxygens (including phenoxy) is 3. The second kappa shape index (κ2) is 7.89. The topological polar surface area (TPSA) is 166 Å². The molecule has 2 aliphatic rings. The fraction of sp³-hybridized carbons (Fsp3) is 0.381. The largest absolute Gasteiger partial charge is 0.508 e. The molecular formula is C21H22O10. The van der Waals surface area contributed by atoms with Crippen molar-refractivity contribution in [2.45, 2.75) is 50.2 Å². The first-order valence-electron chi connectivity index (χ1n) is 9.61. The van der Waals surface area contributed by atoms with Crippen molar-refractivity contribution in [3.05, 3.63) is 41.5 Å². The first kappa shape index (κ1) is 21.2. The summed E-state index contributed by atoms with van der Waals surface area (Å²) >= 11 is 0. The van der Waals surface area contributed by atoms with Gasteiger partial charge in [0.05, 0.1) is 12.5 Å². The molecule has 4 rings (SSSR count). The molecule has 10 heteroatoms. The van der Waals surface area contributed by atoms with Crippen LogP contribution < -0.4 is 9.47 Å². The number of phenols is 3. The summed E-state index contributed by atoms with van der Waals surface area (Å²) in [7, 11) is 0. The molecular weight excluding hydrogens is 412 g/mol. The van der Waals surface area contributed by atoms with Crippen LogP contribution in [0.3, 0.4) is 0 Å². The van der Waals surface area contributed by atoms with Gasteiger partial charge in [-0.15, -0.1) is 0 Å². The Hall–Kier alpha value is -3.05. The highest BCUT2D eigenvalue weighted by molar-refractivity contribution is 6.03. The van der Waals surface area contributed by atoms with Crippen LogP contribution >= 0.6 is 0 Å². The van der Waals surface area contributed by atoms with Crippen LogP contribution in [0.2, 0.25) is 0 Å². The maximum atomic E-state index is 12.6. The van der Waals surface area contributed by atoms with Crippen LogP contribution in [-0.2, 0) is 4.74 Å². The van der Waals surface area contributed by atoms with Gasteiger partial charge in [-0.05, 0) is 24.6 Å². The summed E-state index contributed by atoms with van der Waals surface area (Å²) in [6.45, 7) is 1.46. The van der Waals surface area contributed by atoms with E-state index < -0.39 is 54.1 Å². The number of ketones is 1. The van der Waals surface area contributed by atoms with Gasteiger partial charge in [0.15, 0.2) is 17.3 Å².